The fraction of sp³-hybridized carbons (Fsp3) is 0.381. The quantitative estimate of drug-likeness (QED) is 0.790. The van der Waals surface area contributed by atoms with E-state index in [1.807, 2.05) is 25.1 Å². The van der Waals surface area contributed by atoms with E-state index in [1.165, 1.54) is 0 Å². The van der Waals surface area contributed by atoms with Gasteiger partial charge in [0.1, 0.15) is 17.2 Å². The van der Waals surface area contributed by atoms with Gasteiger partial charge in [-0.15, -0.1) is 0 Å². The third-order valence-corrected chi connectivity index (χ3v) is 4.13. The first kappa shape index (κ1) is 19.6. The molecule has 0 spiro atoms. The lowest BCUT2D eigenvalue weighted by atomic mass is 10.0. The molecule has 2 rings (SSSR count). The highest BCUT2D eigenvalue weighted by atomic mass is 16.5. The Labute approximate surface area is 155 Å². The van der Waals surface area contributed by atoms with Gasteiger partial charge in [-0.05, 0) is 49.1 Å². The molecule has 0 aliphatic heterocycles. The van der Waals surface area contributed by atoms with E-state index in [0.29, 0.717) is 23.1 Å². The Bertz CT molecular complexity index is 771. The average Bonchev–Trinajstić information content (AvgIpc) is 2.61. The van der Waals surface area contributed by atoms with E-state index in [0.717, 1.165) is 16.9 Å². The highest BCUT2D eigenvalue weighted by molar-refractivity contribution is 5.95. The molecule has 140 valence electrons. The smallest absolute Gasteiger partial charge is 0.265 e. The molecule has 5 heteroatoms. The van der Waals surface area contributed by atoms with Crippen molar-refractivity contribution in [3.8, 4) is 17.2 Å². The summed E-state index contributed by atoms with van der Waals surface area (Å²) in [5.74, 6) is 1.98. The highest BCUT2D eigenvalue weighted by Gasteiger charge is 2.19. The van der Waals surface area contributed by atoms with Crippen molar-refractivity contribution in [2.75, 3.05) is 19.5 Å². The lowest BCUT2D eigenvalue weighted by molar-refractivity contribution is -0.122. The molecule has 0 fully saturated rings. The maximum atomic E-state index is 12.6. The number of rotatable bonds is 7. The number of amides is 1. The van der Waals surface area contributed by atoms with Crippen LogP contribution in [0.3, 0.4) is 0 Å². The number of benzene rings is 2. The van der Waals surface area contributed by atoms with Crippen LogP contribution in [0.25, 0.3) is 0 Å². The Morgan fingerprint density at radius 2 is 1.69 bits per heavy atom. The molecule has 0 aliphatic carbocycles. The Morgan fingerprint density at radius 3 is 2.31 bits per heavy atom. The highest BCUT2D eigenvalue weighted by Crippen LogP contribution is 2.30. The number of ether oxygens (including phenoxy) is 3. The van der Waals surface area contributed by atoms with Gasteiger partial charge in [-0.25, -0.2) is 0 Å². The summed E-state index contributed by atoms with van der Waals surface area (Å²) >= 11 is 0. The zero-order chi connectivity index (χ0) is 19.3. The summed E-state index contributed by atoms with van der Waals surface area (Å²) in [4.78, 5) is 12.6. The van der Waals surface area contributed by atoms with Gasteiger partial charge in [0.05, 0.1) is 19.9 Å². The minimum atomic E-state index is -0.662. The van der Waals surface area contributed by atoms with Gasteiger partial charge in [-0.3, -0.25) is 4.79 Å². The Hall–Kier alpha value is -2.69. The van der Waals surface area contributed by atoms with Crippen molar-refractivity contribution in [1.82, 2.24) is 0 Å². The second kappa shape index (κ2) is 8.61. The van der Waals surface area contributed by atoms with E-state index in [2.05, 4.69) is 19.2 Å². The van der Waals surface area contributed by atoms with E-state index < -0.39 is 6.10 Å². The van der Waals surface area contributed by atoms with Crippen LogP contribution in [0.15, 0.2) is 36.4 Å². The molecule has 1 amide bonds. The minimum Gasteiger partial charge on any atom is -0.497 e. The number of anilines is 1. The largest absolute Gasteiger partial charge is 0.497 e. The predicted molar refractivity (Wildman–Crippen MR) is 104 cm³/mol. The Balaban J connectivity index is 2.17. The van der Waals surface area contributed by atoms with E-state index in [1.54, 1.807) is 39.3 Å². The van der Waals surface area contributed by atoms with Crippen molar-refractivity contribution in [2.24, 2.45) is 0 Å². The number of hydrogen-bond donors (Lipinski definition) is 1. The monoisotopic (exact) mass is 357 g/mol. The lowest BCUT2D eigenvalue weighted by Gasteiger charge is -2.20. The summed E-state index contributed by atoms with van der Waals surface area (Å²) in [5.41, 5.74) is 2.71. The maximum absolute atomic E-state index is 12.6. The molecule has 0 aromatic heterocycles. The number of carbonyl (C=O) groups excluding carboxylic acids is 1. The summed E-state index contributed by atoms with van der Waals surface area (Å²) in [6.45, 7) is 7.93. The molecule has 2 aromatic rings. The van der Waals surface area contributed by atoms with Crippen molar-refractivity contribution in [2.45, 2.75) is 39.7 Å². The van der Waals surface area contributed by atoms with Crippen LogP contribution in [0.4, 0.5) is 5.69 Å². The molecule has 26 heavy (non-hydrogen) atoms. The summed E-state index contributed by atoms with van der Waals surface area (Å²) in [7, 11) is 3.13. The molecule has 0 radical (unpaired) electrons. The molecule has 0 unspecified atom stereocenters. The van der Waals surface area contributed by atoms with Crippen molar-refractivity contribution in [1.29, 1.82) is 0 Å². The fourth-order valence-electron chi connectivity index (χ4n) is 2.61. The second-order valence-corrected chi connectivity index (χ2v) is 6.51. The fourth-order valence-corrected chi connectivity index (χ4v) is 2.61. The average molecular weight is 357 g/mol. The van der Waals surface area contributed by atoms with E-state index in [9.17, 15) is 4.79 Å². The third kappa shape index (κ3) is 4.69. The van der Waals surface area contributed by atoms with Crippen molar-refractivity contribution in [3.63, 3.8) is 0 Å². The number of aryl methyl sites for hydroxylation is 1. The summed E-state index contributed by atoms with van der Waals surface area (Å²) in [6.07, 6.45) is -0.662. The third-order valence-electron chi connectivity index (χ3n) is 4.13. The standard InChI is InChI=1S/C21H27NO4/c1-13(2)17-9-7-14(3)11-20(17)26-15(4)21(23)22-18-12-16(24-5)8-10-19(18)25-6/h7-13,15H,1-6H3,(H,22,23)/t15-/m0/s1. The lowest BCUT2D eigenvalue weighted by Crippen LogP contribution is -2.30. The SMILES string of the molecule is COc1ccc(OC)c(NC(=O)[C@H](C)Oc2cc(C)ccc2C(C)C)c1. The molecule has 0 bridgehead atoms. The second-order valence-electron chi connectivity index (χ2n) is 6.51. The number of nitrogens with one attached hydrogen (secondary N) is 1. The number of carbonyl (C=O) groups is 1. The first-order chi connectivity index (χ1) is 12.3. The van der Waals surface area contributed by atoms with E-state index in [-0.39, 0.29) is 5.91 Å². The van der Waals surface area contributed by atoms with Gasteiger partial charge in [0.2, 0.25) is 0 Å². The van der Waals surface area contributed by atoms with E-state index in [4.69, 9.17) is 14.2 Å². The molecule has 1 N–H and O–H groups in total. The Kier molecular flexibility index (Phi) is 6.50. The van der Waals surface area contributed by atoms with Gasteiger partial charge >= 0.3 is 0 Å². The molecular formula is C21H27NO4. The number of methoxy groups -OCH3 is 2. The molecule has 1 atom stereocenters. The zero-order valence-corrected chi connectivity index (χ0v) is 16.3. The van der Waals surface area contributed by atoms with Gasteiger partial charge in [-0.1, -0.05) is 26.0 Å². The van der Waals surface area contributed by atoms with E-state index >= 15 is 0 Å². The molecular weight excluding hydrogens is 330 g/mol. The van der Waals surface area contributed by atoms with Gasteiger partial charge in [0.25, 0.3) is 5.91 Å². The first-order valence-electron chi connectivity index (χ1n) is 8.65. The van der Waals surface area contributed by atoms with Crippen molar-refractivity contribution >= 4 is 11.6 Å². The number of hydrogen-bond acceptors (Lipinski definition) is 4. The van der Waals surface area contributed by atoms with Crippen LogP contribution >= 0.6 is 0 Å². The molecule has 2 aromatic carbocycles. The molecule has 0 heterocycles. The zero-order valence-electron chi connectivity index (χ0n) is 16.3. The van der Waals surface area contributed by atoms with Crippen LogP contribution in [0, 0.1) is 6.92 Å². The molecule has 5 nitrogen and oxygen atoms in total. The van der Waals surface area contributed by atoms with Crippen LogP contribution in [0.2, 0.25) is 0 Å². The van der Waals surface area contributed by atoms with Crippen LogP contribution in [0.1, 0.15) is 37.8 Å². The predicted octanol–water partition coefficient (Wildman–Crippen LogP) is 4.54. The minimum absolute atomic E-state index is 0.257. The van der Waals surface area contributed by atoms with Gasteiger partial charge in [0.15, 0.2) is 6.10 Å². The Morgan fingerprint density at radius 1 is 0.962 bits per heavy atom. The van der Waals surface area contributed by atoms with Gasteiger partial charge < -0.3 is 19.5 Å². The summed E-state index contributed by atoms with van der Waals surface area (Å²) in [5, 5.41) is 2.85. The molecule has 0 aliphatic rings. The van der Waals surface area contributed by atoms with Crippen molar-refractivity contribution in [3.05, 3.63) is 47.5 Å². The van der Waals surface area contributed by atoms with Crippen LogP contribution < -0.4 is 19.5 Å². The summed E-state index contributed by atoms with van der Waals surface area (Å²) in [6, 6.07) is 11.3. The van der Waals surface area contributed by atoms with Gasteiger partial charge in [0, 0.05) is 6.07 Å². The summed E-state index contributed by atoms with van der Waals surface area (Å²) < 4.78 is 16.5. The van der Waals surface area contributed by atoms with Crippen LogP contribution in [-0.4, -0.2) is 26.2 Å². The van der Waals surface area contributed by atoms with Crippen molar-refractivity contribution < 1.29 is 19.0 Å². The molecule has 0 saturated carbocycles. The first-order valence-corrected chi connectivity index (χ1v) is 8.65. The topological polar surface area (TPSA) is 56.8 Å². The van der Waals surface area contributed by atoms with Gasteiger partial charge in [-0.2, -0.15) is 0 Å². The normalized spacial score (nSPS) is 11.8. The van der Waals surface area contributed by atoms with Crippen LogP contribution in [0.5, 0.6) is 17.2 Å². The molecule has 0 saturated heterocycles. The maximum Gasteiger partial charge on any atom is 0.265 e. The van der Waals surface area contributed by atoms with Crippen LogP contribution in [-0.2, 0) is 4.79 Å².